The molecule has 0 aliphatic heterocycles. The standard InChI is InChI=1S/C13H11N5O3S/c1-7-14-16-13(22-7)18-11(10(12(19)20)15-17-18)8-5-3-4-6-9(8)21-2/h3-6H,1-2H3,(H,19,20). The van der Waals surface area contributed by atoms with Crippen molar-refractivity contribution in [2.75, 3.05) is 7.11 Å². The summed E-state index contributed by atoms with van der Waals surface area (Å²) in [5.74, 6) is -0.650. The maximum Gasteiger partial charge on any atom is 0.358 e. The number of aryl methyl sites for hydroxylation is 1. The highest BCUT2D eigenvalue weighted by molar-refractivity contribution is 7.13. The molecule has 0 aliphatic rings. The fourth-order valence-electron chi connectivity index (χ4n) is 2.01. The largest absolute Gasteiger partial charge is 0.496 e. The van der Waals surface area contributed by atoms with Gasteiger partial charge in [0.15, 0.2) is 5.69 Å². The van der Waals surface area contributed by atoms with Gasteiger partial charge in [-0.3, -0.25) is 0 Å². The van der Waals surface area contributed by atoms with Crippen LogP contribution in [0.2, 0.25) is 0 Å². The third kappa shape index (κ3) is 2.31. The number of aromatic nitrogens is 5. The molecule has 0 bridgehead atoms. The van der Waals surface area contributed by atoms with Gasteiger partial charge < -0.3 is 9.84 Å². The molecule has 0 fully saturated rings. The second-order valence-corrected chi connectivity index (χ2v) is 5.47. The molecule has 9 heteroatoms. The SMILES string of the molecule is COc1ccccc1-c1c(C(=O)O)nnn1-c1nnc(C)s1. The Balaban J connectivity index is 2.28. The number of carboxylic acids is 1. The molecule has 112 valence electrons. The van der Waals surface area contributed by atoms with Crippen LogP contribution in [0.3, 0.4) is 0 Å². The molecule has 0 aliphatic carbocycles. The normalized spacial score (nSPS) is 10.6. The Hall–Kier alpha value is -2.81. The van der Waals surface area contributed by atoms with E-state index in [2.05, 4.69) is 20.5 Å². The molecule has 0 atom stereocenters. The first-order chi connectivity index (χ1) is 10.6. The van der Waals surface area contributed by atoms with Crippen LogP contribution in [0.4, 0.5) is 0 Å². The zero-order chi connectivity index (χ0) is 15.7. The minimum absolute atomic E-state index is 0.169. The van der Waals surface area contributed by atoms with Crippen LogP contribution in [0.1, 0.15) is 15.5 Å². The molecule has 3 rings (SSSR count). The second kappa shape index (κ2) is 5.53. The van der Waals surface area contributed by atoms with E-state index in [0.29, 0.717) is 22.1 Å². The minimum Gasteiger partial charge on any atom is -0.496 e. The Bertz CT molecular complexity index is 842. The summed E-state index contributed by atoms with van der Waals surface area (Å²) in [7, 11) is 1.52. The van der Waals surface area contributed by atoms with Crippen molar-refractivity contribution in [3.05, 3.63) is 35.0 Å². The van der Waals surface area contributed by atoms with Gasteiger partial charge >= 0.3 is 5.97 Å². The summed E-state index contributed by atoms with van der Waals surface area (Å²) in [6, 6.07) is 7.07. The Morgan fingerprint density at radius 1 is 1.27 bits per heavy atom. The molecule has 0 amide bonds. The van der Waals surface area contributed by atoms with Crippen LogP contribution in [0.15, 0.2) is 24.3 Å². The van der Waals surface area contributed by atoms with E-state index >= 15 is 0 Å². The third-order valence-electron chi connectivity index (χ3n) is 2.93. The number of carboxylic acid groups (broad SMARTS) is 1. The Labute approximate surface area is 129 Å². The molecule has 3 aromatic rings. The van der Waals surface area contributed by atoms with Crippen molar-refractivity contribution in [2.45, 2.75) is 6.92 Å². The van der Waals surface area contributed by atoms with Crippen LogP contribution in [-0.2, 0) is 0 Å². The van der Waals surface area contributed by atoms with Crippen LogP contribution < -0.4 is 4.74 Å². The lowest BCUT2D eigenvalue weighted by atomic mass is 10.1. The van der Waals surface area contributed by atoms with Gasteiger partial charge in [0, 0.05) is 5.56 Å². The van der Waals surface area contributed by atoms with Crippen LogP contribution in [0.5, 0.6) is 5.75 Å². The molecule has 0 saturated carbocycles. The molecule has 8 nitrogen and oxygen atoms in total. The number of rotatable bonds is 4. The lowest BCUT2D eigenvalue weighted by Crippen LogP contribution is -2.04. The van der Waals surface area contributed by atoms with Gasteiger partial charge in [-0.05, 0) is 19.1 Å². The van der Waals surface area contributed by atoms with Gasteiger partial charge in [0.25, 0.3) is 0 Å². The van der Waals surface area contributed by atoms with Crippen molar-refractivity contribution in [3.63, 3.8) is 0 Å². The molecular weight excluding hydrogens is 306 g/mol. The van der Waals surface area contributed by atoms with Gasteiger partial charge in [0.1, 0.15) is 16.5 Å². The molecule has 1 aromatic carbocycles. The number of ether oxygens (including phenoxy) is 1. The average Bonchev–Trinajstić information content (AvgIpc) is 3.13. The number of methoxy groups -OCH3 is 1. The molecule has 1 N–H and O–H groups in total. The topological polar surface area (TPSA) is 103 Å². The number of benzene rings is 1. The number of carbonyl (C=O) groups is 1. The Kier molecular flexibility index (Phi) is 3.55. The minimum atomic E-state index is -1.17. The molecule has 22 heavy (non-hydrogen) atoms. The van der Waals surface area contributed by atoms with Crippen molar-refractivity contribution in [2.24, 2.45) is 0 Å². The summed E-state index contributed by atoms with van der Waals surface area (Å²) in [5.41, 5.74) is 0.707. The van der Waals surface area contributed by atoms with E-state index in [1.165, 1.54) is 23.1 Å². The van der Waals surface area contributed by atoms with Crippen molar-refractivity contribution in [1.82, 2.24) is 25.2 Å². The molecule has 0 saturated heterocycles. The number of hydrogen-bond acceptors (Lipinski definition) is 7. The third-order valence-corrected chi connectivity index (χ3v) is 3.75. The van der Waals surface area contributed by atoms with Gasteiger partial charge in [-0.15, -0.1) is 15.3 Å². The predicted octanol–water partition coefficient (Wildman–Crippen LogP) is 1.80. The quantitative estimate of drug-likeness (QED) is 0.782. The first kappa shape index (κ1) is 14.1. The summed E-state index contributed by atoms with van der Waals surface area (Å²) >= 11 is 1.29. The highest BCUT2D eigenvalue weighted by Crippen LogP contribution is 2.33. The number of para-hydroxylation sites is 1. The number of nitrogens with zero attached hydrogens (tertiary/aromatic N) is 5. The molecule has 2 heterocycles. The van der Waals surface area contributed by atoms with Crippen molar-refractivity contribution in [1.29, 1.82) is 0 Å². The molecule has 0 unspecified atom stereocenters. The summed E-state index contributed by atoms with van der Waals surface area (Å²) in [6.45, 7) is 1.80. The van der Waals surface area contributed by atoms with E-state index in [1.807, 2.05) is 0 Å². The van der Waals surface area contributed by atoms with Gasteiger partial charge in [0.05, 0.1) is 7.11 Å². The zero-order valence-electron chi connectivity index (χ0n) is 11.7. The van der Waals surface area contributed by atoms with Crippen LogP contribution in [-0.4, -0.2) is 43.4 Å². The summed E-state index contributed by atoms with van der Waals surface area (Å²) in [6.07, 6.45) is 0. The molecule has 2 aromatic heterocycles. The Morgan fingerprint density at radius 3 is 2.68 bits per heavy atom. The van der Waals surface area contributed by atoms with E-state index in [0.717, 1.165) is 5.01 Å². The fraction of sp³-hybridized carbons (Fsp3) is 0.154. The van der Waals surface area contributed by atoms with Crippen LogP contribution >= 0.6 is 11.3 Å². The first-order valence-electron chi connectivity index (χ1n) is 6.24. The van der Waals surface area contributed by atoms with Crippen molar-refractivity contribution >= 4 is 17.3 Å². The smallest absolute Gasteiger partial charge is 0.358 e. The fourth-order valence-corrected chi connectivity index (χ4v) is 2.66. The summed E-state index contributed by atoms with van der Waals surface area (Å²) < 4.78 is 6.67. The van der Waals surface area contributed by atoms with E-state index in [9.17, 15) is 9.90 Å². The average molecular weight is 317 g/mol. The lowest BCUT2D eigenvalue weighted by Gasteiger charge is -2.09. The van der Waals surface area contributed by atoms with Gasteiger partial charge in [0.2, 0.25) is 5.13 Å². The Morgan fingerprint density at radius 2 is 2.05 bits per heavy atom. The lowest BCUT2D eigenvalue weighted by molar-refractivity contribution is 0.0691. The first-order valence-corrected chi connectivity index (χ1v) is 7.06. The van der Waals surface area contributed by atoms with Gasteiger partial charge in [-0.1, -0.05) is 28.7 Å². The molecule has 0 radical (unpaired) electrons. The molecular formula is C13H11N5O3S. The predicted molar refractivity (Wildman–Crippen MR) is 78.5 cm³/mol. The van der Waals surface area contributed by atoms with E-state index in [-0.39, 0.29) is 5.69 Å². The maximum absolute atomic E-state index is 11.5. The van der Waals surface area contributed by atoms with E-state index < -0.39 is 5.97 Å². The van der Waals surface area contributed by atoms with Crippen LogP contribution in [0, 0.1) is 6.92 Å². The highest BCUT2D eigenvalue weighted by Gasteiger charge is 2.25. The van der Waals surface area contributed by atoms with Crippen LogP contribution in [0.25, 0.3) is 16.4 Å². The van der Waals surface area contributed by atoms with Crippen molar-refractivity contribution < 1.29 is 14.6 Å². The zero-order valence-corrected chi connectivity index (χ0v) is 12.5. The molecule has 0 spiro atoms. The highest BCUT2D eigenvalue weighted by atomic mass is 32.1. The van der Waals surface area contributed by atoms with Gasteiger partial charge in [-0.2, -0.15) is 4.68 Å². The van der Waals surface area contributed by atoms with E-state index in [4.69, 9.17) is 4.74 Å². The monoisotopic (exact) mass is 317 g/mol. The summed E-state index contributed by atoms with van der Waals surface area (Å²) in [5, 5.41) is 26.1. The van der Waals surface area contributed by atoms with Crippen molar-refractivity contribution in [3.8, 4) is 22.1 Å². The number of hydrogen-bond donors (Lipinski definition) is 1. The maximum atomic E-state index is 11.5. The summed E-state index contributed by atoms with van der Waals surface area (Å²) in [4.78, 5) is 11.5. The van der Waals surface area contributed by atoms with Gasteiger partial charge in [-0.25, -0.2) is 4.79 Å². The number of aromatic carboxylic acids is 1. The second-order valence-electron chi connectivity index (χ2n) is 4.31. The van der Waals surface area contributed by atoms with E-state index in [1.54, 1.807) is 31.2 Å².